The molecule has 1 unspecified atom stereocenters. The lowest BCUT2D eigenvalue weighted by Gasteiger charge is -2.13. The normalized spacial score (nSPS) is 11.1. The molecule has 0 spiro atoms. The van der Waals surface area contributed by atoms with Crippen molar-refractivity contribution < 1.29 is 5.11 Å². The number of rotatable bonds is 4. The predicted octanol–water partition coefficient (Wildman–Crippen LogP) is 2.55. The minimum atomic E-state index is 0.104. The maximum Gasteiger partial charge on any atom is 0.128 e. The zero-order valence-electron chi connectivity index (χ0n) is 8.55. The van der Waals surface area contributed by atoms with E-state index in [-0.39, 0.29) is 5.75 Å². The fraction of sp³-hybridized carbons (Fsp3) is 0. The van der Waals surface area contributed by atoms with Crippen LogP contribution in [0.2, 0.25) is 0 Å². The molecule has 1 atom stereocenters. The third-order valence-electron chi connectivity index (χ3n) is 2.31. The maximum atomic E-state index is 9.87. The van der Waals surface area contributed by atoms with Gasteiger partial charge in [0, 0.05) is 6.07 Å². The van der Waals surface area contributed by atoms with Crippen LogP contribution in [0.15, 0.2) is 18.3 Å². The Morgan fingerprint density at radius 1 is 1.41 bits per heavy atom. The standard InChI is InChI=1S/C9H9IN5OP/c10-17-15-8-1-6(14(4-11)5-12)2-9(16)7(8)3-13-15/h1-5,11-12,16-17H. The Balaban J connectivity index is 2.67. The summed E-state index contributed by atoms with van der Waals surface area (Å²) in [6.07, 6.45) is 4.07. The van der Waals surface area contributed by atoms with Crippen molar-refractivity contribution in [2.24, 2.45) is 0 Å². The number of phenols is 1. The van der Waals surface area contributed by atoms with Gasteiger partial charge in [0.05, 0.1) is 41.8 Å². The van der Waals surface area contributed by atoms with Gasteiger partial charge in [-0.25, -0.2) is 4.45 Å². The minimum Gasteiger partial charge on any atom is -0.507 e. The molecule has 1 aromatic heterocycles. The first-order chi connectivity index (χ1) is 8.21. The lowest BCUT2D eigenvalue weighted by Crippen LogP contribution is -2.17. The van der Waals surface area contributed by atoms with Crippen LogP contribution in [0.3, 0.4) is 0 Å². The molecule has 17 heavy (non-hydrogen) atoms. The van der Waals surface area contributed by atoms with Gasteiger partial charge in [-0.05, 0) is 28.1 Å². The summed E-state index contributed by atoms with van der Waals surface area (Å²) < 4.78 is 1.77. The molecule has 3 N–H and O–H groups in total. The highest BCUT2D eigenvalue weighted by molar-refractivity contribution is 14.2. The summed E-state index contributed by atoms with van der Waals surface area (Å²) in [7, 11) is 0. The molecule has 0 bridgehead atoms. The monoisotopic (exact) mass is 361 g/mol. The van der Waals surface area contributed by atoms with Gasteiger partial charge in [0.1, 0.15) is 5.75 Å². The number of anilines is 1. The predicted molar refractivity (Wildman–Crippen MR) is 79.2 cm³/mol. The summed E-state index contributed by atoms with van der Waals surface area (Å²) in [5, 5.41) is 29.1. The summed E-state index contributed by atoms with van der Waals surface area (Å²) in [5.41, 5.74) is 1.36. The van der Waals surface area contributed by atoms with Gasteiger partial charge in [-0.1, -0.05) is 0 Å². The van der Waals surface area contributed by atoms with Crippen LogP contribution in [-0.2, 0) is 0 Å². The van der Waals surface area contributed by atoms with Crippen molar-refractivity contribution in [3.05, 3.63) is 18.3 Å². The van der Waals surface area contributed by atoms with E-state index in [1.165, 1.54) is 11.0 Å². The number of nitrogens with zero attached hydrogens (tertiary/aromatic N) is 3. The van der Waals surface area contributed by atoms with Crippen LogP contribution in [-0.4, -0.2) is 27.3 Å². The molecule has 0 aliphatic rings. The van der Waals surface area contributed by atoms with E-state index in [1.807, 2.05) is 0 Å². The van der Waals surface area contributed by atoms with E-state index in [1.54, 1.807) is 16.7 Å². The largest absolute Gasteiger partial charge is 0.507 e. The Morgan fingerprint density at radius 3 is 2.71 bits per heavy atom. The molecule has 0 aliphatic heterocycles. The molecule has 0 saturated carbocycles. The van der Waals surface area contributed by atoms with Crippen molar-refractivity contribution in [3.8, 4) is 5.75 Å². The van der Waals surface area contributed by atoms with Crippen molar-refractivity contribution >= 4 is 57.7 Å². The molecule has 0 aliphatic carbocycles. The molecule has 1 aromatic carbocycles. The average molecular weight is 361 g/mol. The second kappa shape index (κ2) is 4.97. The number of aromatic nitrogens is 2. The van der Waals surface area contributed by atoms with Crippen molar-refractivity contribution in [2.75, 3.05) is 4.90 Å². The third-order valence-corrected chi connectivity index (χ3v) is 4.20. The van der Waals surface area contributed by atoms with E-state index in [0.717, 1.165) is 18.2 Å². The topological polar surface area (TPSA) is 89.0 Å². The zero-order chi connectivity index (χ0) is 12.4. The molecule has 0 amide bonds. The molecule has 0 fully saturated rings. The molecule has 2 aromatic rings. The van der Waals surface area contributed by atoms with Crippen molar-refractivity contribution in [3.63, 3.8) is 0 Å². The number of aromatic hydroxyl groups is 1. The van der Waals surface area contributed by atoms with E-state index in [0.29, 0.717) is 17.4 Å². The van der Waals surface area contributed by atoms with Gasteiger partial charge in [0.15, 0.2) is 0 Å². The lowest BCUT2D eigenvalue weighted by molar-refractivity contribution is 0.482. The Hall–Kier alpha value is -1.21. The number of phenolic OH excluding ortho intramolecular Hbond substituents is 1. The zero-order valence-corrected chi connectivity index (χ0v) is 11.7. The summed E-state index contributed by atoms with van der Waals surface area (Å²) in [6.45, 7) is 0. The molecule has 2 rings (SSSR count). The van der Waals surface area contributed by atoms with Crippen molar-refractivity contribution in [2.45, 2.75) is 0 Å². The van der Waals surface area contributed by atoms with Crippen LogP contribution >= 0.6 is 28.4 Å². The molecule has 88 valence electrons. The van der Waals surface area contributed by atoms with Crippen LogP contribution in [0.4, 0.5) is 5.69 Å². The smallest absolute Gasteiger partial charge is 0.128 e. The first-order valence-electron chi connectivity index (χ1n) is 4.58. The summed E-state index contributed by atoms with van der Waals surface area (Å²) in [4.78, 5) is 1.30. The van der Waals surface area contributed by atoms with Gasteiger partial charge in [-0.15, -0.1) is 0 Å². The van der Waals surface area contributed by atoms with Gasteiger partial charge in [-0.3, -0.25) is 15.7 Å². The highest BCUT2D eigenvalue weighted by Crippen LogP contribution is 2.35. The Morgan fingerprint density at radius 2 is 2.12 bits per heavy atom. The van der Waals surface area contributed by atoms with E-state index >= 15 is 0 Å². The van der Waals surface area contributed by atoms with Crippen LogP contribution in [0.5, 0.6) is 5.75 Å². The van der Waals surface area contributed by atoms with Gasteiger partial charge in [0.25, 0.3) is 0 Å². The second-order valence-corrected chi connectivity index (χ2v) is 5.24. The van der Waals surface area contributed by atoms with Gasteiger partial charge < -0.3 is 5.11 Å². The van der Waals surface area contributed by atoms with Gasteiger partial charge >= 0.3 is 0 Å². The van der Waals surface area contributed by atoms with E-state index in [4.69, 9.17) is 10.8 Å². The van der Waals surface area contributed by atoms with Crippen LogP contribution in [0.1, 0.15) is 0 Å². The highest BCUT2D eigenvalue weighted by Gasteiger charge is 2.10. The quantitative estimate of drug-likeness (QED) is 0.339. The van der Waals surface area contributed by atoms with E-state index < -0.39 is 0 Å². The SMILES string of the molecule is N=CN(C=N)c1cc(O)c2cnn(PI)c2c1. The maximum absolute atomic E-state index is 9.87. The Kier molecular flexibility index (Phi) is 3.58. The first-order valence-corrected chi connectivity index (χ1v) is 8.64. The minimum absolute atomic E-state index is 0.104. The third kappa shape index (κ3) is 2.12. The number of nitrogens with one attached hydrogen (secondary N) is 2. The fourth-order valence-corrected chi connectivity index (χ4v) is 3.03. The molecular formula is C9H9IN5OP. The van der Waals surface area contributed by atoms with Crippen LogP contribution in [0.25, 0.3) is 10.9 Å². The number of hydrogen-bond acceptors (Lipinski definition) is 4. The van der Waals surface area contributed by atoms with Crippen molar-refractivity contribution in [1.82, 2.24) is 9.55 Å². The second-order valence-electron chi connectivity index (χ2n) is 3.20. The number of hydrogen-bond donors (Lipinski definition) is 3. The molecule has 0 radical (unpaired) electrons. The Bertz CT molecular complexity index is 576. The van der Waals surface area contributed by atoms with E-state index in [2.05, 4.69) is 27.1 Å². The molecule has 0 saturated heterocycles. The number of fused-ring (bicyclic) bond motifs is 1. The number of benzene rings is 1. The summed E-state index contributed by atoms with van der Waals surface area (Å²) in [6, 6.07) is 3.31. The Labute approximate surface area is 112 Å². The van der Waals surface area contributed by atoms with Crippen LogP contribution < -0.4 is 4.90 Å². The van der Waals surface area contributed by atoms with E-state index in [9.17, 15) is 5.11 Å². The highest BCUT2D eigenvalue weighted by atomic mass is 127. The summed E-state index contributed by atoms with van der Waals surface area (Å²) in [5.74, 6) is 0.104. The van der Waals surface area contributed by atoms with Crippen molar-refractivity contribution in [1.29, 1.82) is 10.8 Å². The summed E-state index contributed by atoms with van der Waals surface area (Å²) >= 11 is 2.20. The molecule has 6 nitrogen and oxygen atoms in total. The molecule has 8 heteroatoms. The lowest BCUT2D eigenvalue weighted by atomic mass is 10.2. The van der Waals surface area contributed by atoms with Crippen LogP contribution in [0, 0.1) is 10.8 Å². The molecular weight excluding hydrogens is 352 g/mol. The fourth-order valence-electron chi connectivity index (χ4n) is 1.50. The first kappa shape index (κ1) is 12.3. The number of halogens is 1. The molecule has 1 heterocycles. The average Bonchev–Trinajstić information content (AvgIpc) is 2.74. The van der Waals surface area contributed by atoms with Gasteiger partial charge in [0.2, 0.25) is 0 Å². The van der Waals surface area contributed by atoms with Gasteiger partial charge in [-0.2, -0.15) is 5.10 Å².